The molecule has 0 spiro atoms. The normalized spacial score (nSPS) is 11.5. The standard InChI is InChI=1S/C21H22F2N6O2/c1-3-8-28-19-17(20(30)29(9-4-2)21(28)31)25-18(26-19)14-10-24-27(12-14)11-13-6-5-7-15(22)16(13)23/h5-7,10,12H,3-4,8-9,11H2,1-2H3,(H,25,26). The second-order valence-corrected chi connectivity index (χ2v) is 7.31. The lowest BCUT2D eigenvalue weighted by Gasteiger charge is -2.09. The van der Waals surface area contributed by atoms with Crippen LogP contribution in [-0.2, 0) is 19.6 Å². The van der Waals surface area contributed by atoms with E-state index in [2.05, 4.69) is 15.1 Å². The summed E-state index contributed by atoms with van der Waals surface area (Å²) in [5.41, 5.74) is 0.477. The summed E-state index contributed by atoms with van der Waals surface area (Å²) >= 11 is 0. The highest BCUT2D eigenvalue weighted by Crippen LogP contribution is 2.19. The van der Waals surface area contributed by atoms with Gasteiger partial charge >= 0.3 is 5.69 Å². The fraction of sp³-hybridized carbons (Fsp3) is 0.333. The number of imidazole rings is 1. The summed E-state index contributed by atoms with van der Waals surface area (Å²) in [6.07, 6.45) is 4.49. The van der Waals surface area contributed by atoms with Crippen LogP contribution in [0.1, 0.15) is 32.3 Å². The lowest BCUT2D eigenvalue weighted by atomic mass is 10.2. The number of hydrogen-bond acceptors (Lipinski definition) is 4. The number of fused-ring (bicyclic) bond motifs is 1. The molecule has 4 rings (SSSR count). The van der Waals surface area contributed by atoms with Gasteiger partial charge in [-0.05, 0) is 18.9 Å². The number of benzene rings is 1. The number of aromatic nitrogens is 6. The molecule has 10 heteroatoms. The average molecular weight is 428 g/mol. The molecule has 0 fully saturated rings. The molecule has 0 aliphatic heterocycles. The lowest BCUT2D eigenvalue weighted by Crippen LogP contribution is -2.40. The van der Waals surface area contributed by atoms with Gasteiger partial charge in [-0.15, -0.1) is 0 Å². The maximum atomic E-state index is 14.0. The van der Waals surface area contributed by atoms with Crippen LogP contribution in [0.15, 0.2) is 40.2 Å². The van der Waals surface area contributed by atoms with Crippen LogP contribution in [0.25, 0.3) is 22.6 Å². The Kier molecular flexibility index (Phi) is 5.53. The number of hydrogen-bond donors (Lipinski definition) is 1. The Morgan fingerprint density at radius 3 is 2.55 bits per heavy atom. The predicted octanol–water partition coefficient (Wildman–Crippen LogP) is 2.90. The Morgan fingerprint density at radius 1 is 1.06 bits per heavy atom. The van der Waals surface area contributed by atoms with Gasteiger partial charge in [-0.1, -0.05) is 26.0 Å². The third kappa shape index (κ3) is 3.69. The first kappa shape index (κ1) is 20.7. The van der Waals surface area contributed by atoms with Crippen LogP contribution in [0, 0.1) is 11.6 Å². The van der Waals surface area contributed by atoms with Crippen molar-refractivity contribution in [1.29, 1.82) is 0 Å². The van der Waals surface area contributed by atoms with Crippen LogP contribution >= 0.6 is 0 Å². The van der Waals surface area contributed by atoms with Gasteiger partial charge in [0, 0.05) is 24.8 Å². The molecule has 162 valence electrons. The average Bonchev–Trinajstić information content (AvgIpc) is 3.39. The SMILES string of the molecule is CCCn1c(=O)c2[nH]c(-c3cnn(Cc4cccc(F)c4F)c3)nc2n(CCC)c1=O. The second kappa shape index (κ2) is 8.29. The van der Waals surface area contributed by atoms with Gasteiger partial charge in [0.05, 0.1) is 18.3 Å². The van der Waals surface area contributed by atoms with Crippen molar-refractivity contribution in [3.63, 3.8) is 0 Å². The summed E-state index contributed by atoms with van der Waals surface area (Å²) < 4.78 is 31.6. The van der Waals surface area contributed by atoms with Gasteiger partial charge in [-0.3, -0.25) is 18.6 Å². The van der Waals surface area contributed by atoms with Gasteiger partial charge in [-0.25, -0.2) is 18.6 Å². The summed E-state index contributed by atoms with van der Waals surface area (Å²) in [5, 5.41) is 4.19. The van der Waals surface area contributed by atoms with Gasteiger partial charge < -0.3 is 4.98 Å². The van der Waals surface area contributed by atoms with E-state index >= 15 is 0 Å². The van der Waals surface area contributed by atoms with Crippen molar-refractivity contribution in [3.8, 4) is 11.4 Å². The Hall–Kier alpha value is -3.56. The highest BCUT2D eigenvalue weighted by Gasteiger charge is 2.18. The Labute approximate surface area is 175 Å². The zero-order valence-electron chi connectivity index (χ0n) is 17.2. The Bertz CT molecular complexity index is 1360. The molecule has 3 aromatic heterocycles. The maximum absolute atomic E-state index is 14.0. The minimum absolute atomic E-state index is 0.0354. The number of aryl methyl sites for hydroxylation is 1. The van der Waals surface area contributed by atoms with E-state index in [4.69, 9.17) is 0 Å². The molecule has 0 amide bonds. The summed E-state index contributed by atoms with van der Waals surface area (Å²) in [6.45, 7) is 4.63. The van der Waals surface area contributed by atoms with E-state index in [1.54, 1.807) is 6.20 Å². The highest BCUT2D eigenvalue weighted by atomic mass is 19.2. The van der Waals surface area contributed by atoms with Crippen LogP contribution in [0.2, 0.25) is 0 Å². The van der Waals surface area contributed by atoms with Crippen LogP contribution in [0.3, 0.4) is 0 Å². The van der Waals surface area contributed by atoms with Crippen molar-refractivity contribution in [2.45, 2.75) is 46.3 Å². The minimum atomic E-state index is -0.917. The summed E-state index contributed by atoms with van der Waals surface area (Å²) in [4.78, 5) is 33.1. The second-order valence-electron chi connectivity index (χ2n) is 7.31. The first-order chi connectivity index (χ1) is 14.9. The van der Waals surface area contributed by atoms with Gasteiger partial charge in [0.2, 0.25) is 0 Å². The zero-order valence-corrected chi connectivity index (χ0v) is 17.2. The van der Waals surface area contributed by atoms with Crippen LogP contribution in [0.5, 0.6) is 0 Å². The van der Waals surface area contributed by atoms with E-state index in [-0.39, 0.29) is 23.3 Å². The molecule has 31 heavy (non-hydrogen) atoms. The molecule has 8 nitrogen and oxygen atoms in total. The third-order valence-electron chi connectivity index (χ3n) is 5.03. The molecular weight excluding hydrogens is 406 g/mol. The Morgan fingerprint density at radius 2 is 1.81 bits per heavy atom. The summed E-state index contributed by atoms with van der Waals surface area (Å²) in [7, 11) is 0. The van der Waals surface area contributed by atoms with Crippen molar-refractivity contribution in [2.75, 3.05) is 0 Å². The molecule has 0 atom stereocenters. The molecule has 1 aromatic carbocycles. The number of rotatable bonds is 7. The van der Waals surface area contributed by atoms with E-state index in [0.29, 0.717) is 43.0 Å². The summed E-state index contributed by atoms with van der Waals surface area (Å²) in [5.74, 6) is -1.46. The van der Waals surface area contributed by atoms with Crippen molar-refractivity contribution in [3.05, 3.63) is 68.6 Å². The van der Waals surface area contributed by atoms with Gasteiger partial charge in [0.25, 0.3) is 5.56 Å². The zero-order chi connectivity index (χ0) is 22.1. The monoisotopic (exact) mass is 428 g/mol. The molecule has 4 aromatic rings. The smallest absolute Gasteiger partial charge is 0.332 e. The largest absolute Gasteiger partial charge is 0.332 e. The van der Waals surface area contributed by atoms with Gasteiger partial charge in [0.1, 0.15) is 11.3 Å². The minimum Gasteiger partial charge on any atom is -0.332 e. The van der Waals surface area contributed by atoms with E-state index in [1.165, 1.54) is 32.1 Å². The molecule has 0 saturated heterocycles. The molecule has 0 unspecified atom stereocenters. The molecular formula is C21H22F2N6O2. The van der Waals surface area contributed by atoms with Crippen molar-refractivity contribution < 1.29 is 8.78 Å². The Balaban J connectivity index is 1.76. The van der Waals surface area contributed by atoms with Crippen molar-refractivity contribution in [2.24, 2.45) is 0 Å². The lowest BCUT2D eigenvalue weighted by molar-refractivity contribution is 0.492. The number of H-pyrrole nitrogens is 1. The molecule has 3 heterocycles. The fourth-order valence-electron chi connectivity index (χ4n) is 3.57. The quantitative estimate of drug-likeness (QED) is 0.490. The summed E-state index contributed by atoms with van der Waals surface area (Å²) in [6, 6.07) is 3.98. The third-order valence-corrected chi connectivity index (χ3v) is 5.03. The van der Waals surface area contributed by atoms with Crippen LogP contribution in [-0.4, -0.2) is 28.9 Å². The topological polar surface area (TPSA) is 90.5 Å². The number of nitrogens with one attached hydrogen (secondary N) is 1. The first-order valence-corrected chi connectivity index (χ1v) is 10.1. The van der Waals surface area contributed by atoms with E-state index < -0.39 is 17.2 Å². The maximum Gasteiger partial charge on any atom is 0.332 e. The van der Waals surface area contributed by atoms with Crippen molar-refractivity contribution >= 4 is 11.2 Å². The molecule has 1 N–H and O–H groups in total. The number of aromatic amines is 1. The van der Waals surface area contributed by atoms with Crippen LogP contribution < -0.4 is 11.2 Å². The van der Waals surface area contributed by atoms with E-state index in [9.17, 15) is 18.4 Å². The fourth-order valence-corrected chi connectivity index (χ4v) is 3.57. The molecule has 0 saturated carbocycles. The van der Waals surface area contributed by atoms with E-state index in [0.717, 1.165) is 6.07 Å². The van der Waals surface area contributed by atoms with Gasteiger partial charge in [-0.2, -0.15) is 5.10 Å². The highest BCUT2D eigenvalue weighted by molar-refractivity contribution is 5.75. The number of nitrogens with zero attached hydrogens (tertiary/aromatic N) is 5. The van der Waals surface area contributed by atoms with Gasteiger partial charge in [0.15, 0.2) is 17.3 Å². The van der Waals surface area contributed by atoms with Crippen LogP contribution in [0.4, 0.5) is 8.78 Å². The molecule has 0 aliphatic rings. The predicted molar refractivity (Wildman–Crippen MR) is 112 cm³/mol. The van der Waals surface area contributed by atoms with Crippen molar-refractivity contribution in [1.82, 2.24) is 28.9 Å². The first-order valence-electron chi connectivity index (χ1n) is 10.1. The molecule has 0 aliphatic carbocycles. The van der Waals surface area contributed by atoms with E-state index in [1.807, 2.05) is 13.8 Å². The molecule has 0 bridgehead atoms. The molecule has 0 radical (unpaired) electrons. The number of halogens is 2.